The number of rotatable bonds is 0. The van der Waals surface area contributed by atoms with E-state index in [2.05, 4.69) is 34.5 Å². The van der Waals surface area contributed by atoms with Crippen LogP contribution in [0.1, 0.15) is 80.3 Å². The Bertz CT molecular complexity index is 1560. The Balaban J connectivity index is 1.31. The van der Waals surface area contributed by atoms with E-state index in [0.717, 1.165) is 80.9 Å². The van der Waals surface area contributed by atoms with Crippen LogP contribution in [0.4, 0.5) is 5.69 Å². The normalized spacial score (nSPS) is 37.0. The summed E-state index contributed by atoms with van der Waals surface area (Å²) in [7, 11) is -2.89. The van der Waals surface area contributed by atoms with Gasteiger partial charge in [0.2, 0.25) is 0 Å². The highest BCUT2D eigenvalue weighted by Crippen LogP contribution is 2.50. The standard InChI is InChI=1S/C36H47ClN2O5S/c1-24-6-4-15-36(23-42-16-17-44-36)31-11-8-28(31)20-39-21-35(14-5-7-26-18-29(37)10-12-30(26)35)22-43-33-13-9-27(19-32(33)39)34(40)38-45(3,41)25(24)2/h9-10,12-13,18-19,24-25,28,31H,3-8,11,14-17,20-23H2,1-2H3,(H,38,40,41)/t24-,25+,28-,31+,35-,36+,45?/m0/s1. The van der Waals surface area contributed by atoms with Crippen molar-refractivity contribution in [1.82, 2.24) is 4.72 Å². The Morgan fingerprint density at radius 1 is 1.04 bits per heavy atom. The number of carbonyl (C=O) groups excluding carboxylic acids is 1. The van der Waals surface area contributed by atoms with Gasteiger partial charge in [-0.3, -0.25) is 9.52 Å². The van der Waals surface area contributed by atoms with Gasteiger partial charge in [0.15, 0.2) is 0 Å². The molecule has 2 aromatic carbocycles. The minimum absolute atomic E-state index is 0.127. The van der Waals surface area contributed by atoms with Gasteiger partial charge in [0, 0.05) is 34.3 Å². The molecule has 1 saturated carbocycles. The topological polar surface area (TPSA) is 77.1 Å². The molecule has 1 amide bonds. The number of fused-ring (bicyclic) bond motifs is 5. The molecule has 3 aliphatic heterocycles. The van der Waals surface area contributed by atoms with E-state index in [1.807, 2.05) is 25.1 Å². The number of aryl methyl sites for hydroxylation is 1. The van der Waals surface area contributed by atoms with E-state index in [1.165, 1.54) is 11.1 Å². The van der Waals surface area contributed by atoms with E-state index >= 15 is 0 Å². The number of hydrogen-bond acceptors (Lipinski definition) is 6. The molecule has 0 aromatic heterocycles. The van der Waals surface area contributed by atoms with E-state index in [0.29, 0.717) is 43.8 Å². The lowest BCUT2D eigenvalue weighted by Crippen LogP contribution is -2.57. The Labute approximate surface area is 273 Å². The molecule has 2 aromatic rings. The summed E-state index contributed by atoms with van der Waals surface area (Å²) in [6.45, 7) is 8.15. The third-order valence-corrected chi connectivity index (χ3v) is 14.2. The Hall–Kier alpha value is -2.26. The van der Waals surface area contributed by atoms with Gasteiger partial charge >= 0.3 is 0 Å². The predicted octanol–water partition coefficient (Wildman–Crippen LogP) is 6.19. The van der Waals surface area contributed by atoms with E-state index in [9.17, 15) is 9.00 Å². The summed E-state index contributed by atoms with van der Waals surface area (Å²) in [6, 6.07) is 12.0. The highest BCUT2D eigenvalue weighted by molar-refractivity contribution is 7.99. The van der Waals surface area contributed by atoms with Crippen LogP contribution in [0.15, 0.2) is 36.4 Å². The summed E-state index contributed by atoms with van der Waals surface area (Å²) in [5.41, 5.74) is 3.52. The molecule has 9 heteroatoms. The zero-order valence-electron chi connectivity index (χ0n) is 26.7. The van der Waals surface area contributed by atoms with Gasteiger partial charge in [0.1, 0.15) is 5.75 Å². The summed E-state index contributed by atoms with van der Waals surface area (Å²) in [5.74, 6) is 5.42. The SMILES string of the molecule is C=S1(=O)NC(=O)c2ccc3c(c2)N(C[C@@H]2CC[C@H]2[C@@]2(CCC[C@H](C)[C@H]1C)COCCO2)C[C@@]1(CCCc2cc(Cl)ccc21)CO3. The number of hydrogen-bond donors (Lipinski definition) is 1. The molecule has 7 nitrogen and oxygen atoms in total. The monoisotopic (exact) mass is 654 g/mol. The molecule has 2 bridgehead atoms. The average molecular weight is 655 g/mol. The Morgan fingerprint density at radius 2 is 1.91 bits per heavy atom. The van der Waals surface area contributed by atoms with Crippen molar-refractivity contribution in [3.8, 4) is 5.75 Å². The van der Waals surface area contributed by atoms with Crippen LogP contribution in [0.2, 0.25) is 5.02 Å². The maximum absolute atomic E-state index is 13.8. The number of ether oxygens (including phenoxy) is 3. The molecule has 2 spiro atoms. The molecule has 1 N–H and O–H groups in total. The molecule has 7 atom stereocenters. The number of amides is 1. The van der Waals surface area contributed by atoms with Crippen molar-refractivity contribution < 1.29 is 23.2 Å². The van der Waals surface area contributed by atoms with Crippen molar-refractivity contribution in [3.05, 3.63) is 58.1 Å². The van der Waals surface area contributed by atoms with E-state index in [4.69, 9.17) is 25.8 Å². The fourth-order valence-electron chi connectivity index (χ4n) is 8.79. The van der Waals surface area contributed by atoms with Crippen molar-refractivity contribution in [3.63, 3.8) is 0 Å². The Morgan fingerprint density at radius 3 is 2.69 bits per heavy atom. The van der Waals surface area contributed by atoms with Gasteiger partial charge in [-0.1, -0.05) is 31.0 Å². The van der Waals surface area contributed by atoms with Crippen LogP contribution in [0.25, 0.3) is 0 Å². The minimum atomic E-state index is -2.89. The molecule has 1 saturated heterocycles. The maximum atomic E-state index is 13.8. The van der Waals surface area contributed by atoms with Gasteiger partial charge in [0.25, 0.3) is 5.91 Å². The first kappa shape index (κ1) is 31.3. The van der Waals surface area contributed by atoms with Crippen LogP contribution in [-0.2, 0) is 31.0 Å². The van der Waals surface area contributed by atoms with Crippen molar-refractivity contribution in [2.75, 3.05) is 44.4 Å². The number of nitrogens with zero attached hydrogens (tertiary/aromatic N) is 1. The van der Waals surface area contributed by atoms with Crippen molar-refractivity contribution in [2.24, 2.45) is 17.8 Å². The lowest BCUT2D eigenvalue weighted by Gasteiger charge is -2.53. The van der Waals surface area contributed by atoms with Crippen molar-refractivity contribution in [2.45, 2.75) is 81.5 Å². The van der Waals surface area contributed by atoms with Crippen molar-refractivity contribution in [1.29, 1.82) is 0 Å². The maximum Gasteiger partial charge on any atom is 0.262 e. The fraction of sp³-hybridized carbons (Fsp3) is 0.611. The molecule has 2 aliphatic carbocycles. The van der Waals surface area contributed by atoms with E-state index in [-0.39, 0.29) is 28.1 Å². The first-order valence-electron chi connectivity index (χ1n) is 16.8. The molecule has 5 aliphatic rings. The van der Waals surface area contributed by atoms with E-state index < -0.39 is 9.71 Å². The summed E-state index contributed by atoms with van der Waals surface area (Å²) in [4.78, 5) is 16.1. The molecule has 3 heterocycles. The summed E-state index contributed by atoms with van der Waals surface area (Å²) < 4.78 is 36.2. The van der Waals surface area contributed by atoms with Crippen LogP contribution in [0.3, 0.4) is 0 Å². The second-order valence-corrected chi connectivity index (χ2v) is 17.3. The largest absolute Gasteiger partial charge is 0.490 e. The lowest BCUT2D eigenvalue weighted by atomic mass is 9.62. The quantitative estimate of drug-likeness (QED) is 0.341. The number of benzene rings is 2. The van der Waals surface area contributed by atoms with Crippen LogP contribution >= 0.6 is 11.6 Å². The van der Waals surface area contributed by atoms with Crippen LogP contribution in [0.5, 0.6) is 5.75 Å². The Kier molecular flexibility index (Phi) is 8.41. The van der Waals surface area contributed by atoms with Gasteiger partial charge < -0.3 is 19.1 Å². The molecule has 1 unspecified atom stereocenters. The van der Waals surface area contributed by atoms with E-state index in [1.54, 1.807) is 6.07 Å². The second-order valence-electron chi connectivity index (χ2n) is 14.4. The molecule has 7 rings (SSSR count). The first-order valence-corrected chi connectivity index (χ1v) is 19.0. The fourth-order valence-corrected chi connectivity index (χ4v) is 10.5. The molecule has 244 valence electrons. The second kappa shape index (κ2) is 12.1. The highest BCUT2D eigenvalue weighted by Gasteiger charge is 2.51. The summed E-state index contributed by atoms with van der Waals surface area (Å²) in [6.07, 6.45) is 8.12. The zero-order chi connectivity index (χ0) is 31.4. The lowest BCUT2D eigenvalue weighted by molar-refractivity contribution is -0.212. The number of halogens is 1. The third-order valence-electron chi connectivity index (χ3n) is 11.7. The first-order chi connectivity index (χ1) is 21.6. The molecular formula is C36H47ClN2O5S. The van der Waals surface area contributed by atoms with Crippen LogP contribution in [-0.4, -0.2) is 66.4 Å². The molecule has 45 heavy (non-hydrogen) atoms. The zero-order valence-corrected chi connectivity index (χ0v) is 28.2. The third kappa shape index (κ3) is 5.79. The van der Waals surface area contributed by atoms with Gasteiger partial charge in [-0.25, -0.2) is 4.21 Å². The minimum Gasteiger partial charge on any atom is -0.490 e. The summed E-state index contributed by atoms with van der Waals surface area (Å²) in [5, 5.41) is 0.498. The number of anilines is 1. The van der Waals surface area contributed by atoms with Crippen LogP contribution < -0.4 is 14.4 Å². The molecule has 0 radical (unpaired) electrons. The molecule has 2 fully saturated rings. The highest BCUT2D eigenvalue weighted by atomic mass is 35.5. The van der Waals surface area contributed by atoms with Crippen LogP contribution in [0, 0.1) is 17.8 Å². The van der Waals surface area contributed by atoms with Gasteiger partial charge in [0.05, 0.1) is 47.4 Å². The number of carbonyl (C=O) groups is 1. The van der Waals surface area contributed by atoms with Crippen molar-refractivity contribution >= 4 is 38.8 Å². The smallest absolute Gasteiger partial charge is 0.262 e. The van der Waals surface area contributed by atoms with Gasteiger partial charge in [-0.15, -0.1) is 0 Å². The average Bonchev–Trinajstić information content (AvgIpc) is 3.15. The summed E-state index contributed by atoms with van der Waals surface area (Å²) >= 11 is 6.46. The van der Waals surface area contributed by atoms with Gasteiger partial charge in [-0.2, -0.15) is 0 Å². The number of nitrogens with one attached hydrogen (secondary N) is 1. The van der Waals surface area contributed by atoms with Gasteiger partial charge in [-0.05, 0) is 117 Å². The predicted molar refractivity (Wildman–Crippen MR) is 181 cm³/mol. The molecular weight excluding hydrogens is 608 g/mol.